The Labute approximate surface area is 102 Å². The van der Waals surface area contributed by atoms with E-state index in [0.717, 1.165) is 10.0 Å². The van der Waals surface area contributed by atoms with Gasteiger partial charge in [0.25, 0.3) is 0 Å². The van der Waals surface area contributed by atoms with Crippen molar-refractivity contribution in [2.24, 2.45) is 5.73 Å². The molecule has 1 aliphatic heterocycles. The molecule has 0 bridgehead atoms. The Hall–Kier alpha value is -0.130. The molecule has 0 aromatic heterocycles. The third kappa shape index (κ3) is 2.52. The molecule has 2 N–H and O–H groups in total. The molecular weight excluding hydrogens is 281 g/mol. The highest BCUT2D eigenvalue weighted by molar-refractivity contribution is 9.10. The second-order valence-electron chi connectivity index (χ2n) is 3.33. The molecule has 0 radical (unpaired) electrons. The lowest BCUT2D eigenvalue weighted by Gasteiger charge is -2.11. The highest BCUT2D eigenvalue weighted by Crippen LogP contribution is 2.31. The van der Waals surface area contributed by atoms with Gasteiger partial charge < -0.3 is 15.2 Å². The summed E-state index contributed by atoms with van der Waals surface area (Å²) in [4.78, 5) is 0. The quantitative estimate of drug-likeness (QED) is 0.911. The van der Waals surface area contributed by atoms with Crippen molar-refractivity contribution < 1.29 is 9.47 Å². The number of hydrogen-bond acceptors (Lipinski definition) is 3. The van der Waals surface area contributed by atoms with Crippen LogP contribution >= 0.6 is 27.5 Å². The van der Waals surface area contributed by atoms with Crippen LogP contribution in [-0.4, -0.2) is 19.3 Å². The number of ether oxygens (including phenoxy) is 2. The van der Waals surface area contributed by atoms with E-state index in [0.29, 0.717) is 18.2 Å². The Kier molecular flexibility index (Phi) is 3.64. The van der Waals surface area contributed by atoms with Crippen LogP contribution in [0.15, 0.2) is 22.7 Å². The summed E-state index contributed by atoms with van der Waals surface area (Å²) in [5.74, 6) is 0. The van der Waals surface area contributed by atoms with Gasteiger partial charge in [-0.3, -0.25) is 0 Å². The van der Waals surface area contributed by atoms with Crippen LogP contribution in [0.2, 0.25) is 5.02 Å². The minimum atomic E-state index is -0.343. The molecule has 1 aromatic rings. The summed E-state index contributed by atoms with van der Waals surface area (Å²) in [5, 5.41) is 0.649. The van der Waals surface area contributed by atoms with Crippen molar-refractivity contribution in [3.63, 3.8) is 0 Å². The maximum atomic E-state index is 5.98. The molecule has 82 valence electrons. The van der Waals surface area contributed by atoms with Crippen molar-refractivity contribution in [1.82, 2.24) is 0 Å². The first-order chi connectivity index (χ1) is 7.20. The third-order valence-electron chi connectivity index (χ3n) is 2.23. The van der Waals surface area contributed by atoms with Crippen molar-refractivity contribution in [1.29, 1.82) is 0 Å². The molecule has 5 heteroatoms. The van der Waals surface area contributed by atoms with E-state index < -0.39 is 0 Å². The lowest BCUT2D eigenvalue weighted by atomic mass is 10.2. The van der Waals surface area contributed by atoms with E-state index in [1.165, 1.54) is 0 Å². The molecule has 0 aliphatic carbocycles. The van der Waals surface area contributed by atoms with Gasteiger partial charge in [0.2, 0.25) is 0 Å². The van der Waals surface area contributed by atoms with Gasteiger partial charge in [-0.05, 0) is 28.1 Å². The lowest BCUT2D eigenvalue weighted by molar-refractivity contribution is -0.0585. The maximum Gasteiger partial charge on any atom is 0.184 e. The Morgan fingerprint density at radius 3 is 2.93 bits per heavy atom. The molecule has 1 fully saturated rings. The van der Waals surface area contributed by atoms with Crippen LogP contribution in [-0.2, 0) is 9.47 Å². The molecule has 1 saturated heterocycles. The van der Waals surface area contributed by atoms with Gasteiger partial charge in [-0.2, -0.15) is 0 Å². The van der Waals surface area contributed by atoms with Crippen molar-refractivity contribution in [2.45, 2.75) is 12.4 Å². The first kappa shape index (κ1) is 11.4. The number of benzene rings is 1. The van der Waals surface area contributed by atoms with E-state index in [9.17, 15) is 0 Å². The molecular formula is C10H11BrClNO2. The number of hydrogen-bond donors (Lipinski definition) is 1. The van der Waals surface area contributed by atoms with Crippen molar-refractivity contribution in [3.8, 4) is 0 Å². The van der Waals surface area contributed by atoms with Crippen LogP contribution in [0.1, 0.15) is 11.9 Å². The predicted octanol–water partition coefficient (Wildman–Crippen LogP) is 2.48. The Morgan fingerprint density at radius 1 is 1.53 bits per heavy atom. The molecule has 0 saturated carbocycles. The fourth-order valence-corrected chi connectivity index (χ4v) is 1.84. The summed E-state index contributed by atoms with van der Waals surface area (Å²) in [6, 6.07) is 5.62. The minimum absolute atomic E-state index is 0.0163. The number of halogens is 2. The second kappa shape index (κ2) is 4.80. The van der Waals surface area contributed by atoms with Gasteiger partial charge >= 0.3 is 0 Å². The molecule has 1 heterocycles. The van der Waals surface area contributed by atoms with Gasteiger partial charge in [-0.15, -0.1) is 0 Å². The van der Waals surface area contributed by atoms with Crippen LogP contribution < -0.4 is 5.73 Å². The molecule has 15 heavy (non-hydrogen) atoms. The number of nitrogens with two attached hydrogens (primary N) is 1. The van der Waals surface area contributed by atoms with E-state index in [2.05, 4.69) is 15.9 Å². The van der Waals surface area contributed by atoms with Gasteiger partial charge in [0.15, 0.2) is 6.29 Å². The zero-order chi connectivity index (χ0) is 10.8. The molecule has 0 spiro atoms. The lowest BCUT2D eigenvalue weighted by Crippen LogP contribution is -2.21. The monoisotopic (exact) mass is 291 g/mol. The molecule has 2 atom stereocenters. The first-order valence-corrected chi connectivity index (χ1v) is 5.80. The van der Waals surface area contributed by atoms with Gasteiger partial charge in [-0.1, -0.05) is 17.7 Å². The van der Waals surface area contributed by atoms with E-state index in [4.69, 9.17) is 26.8 Å². The molecule has 1 aliphatic rings. The molecule has 1 aromatic carbocycles. The number of rotatable bonds is 2. The van der Waals surface area contributed by atoms with Gasteiger partial charge in [0, 0.05) is 16.6 Å². The fraction of sp³-hybridized carbons (Fsp3) is 0.400. The maximum absolute atomic E-state index is 5.98. The summed E-state index contributed by atoms with van der Waals surface area (Å²) in [5.41, 5.74) is 6.41. The smallest absolute Gasteiger partial charge is 0.184 e. The first-order valence-electron chi connectivity index (χ1n) is 4.63. The standard InChI is InChI=1S/C10H11BrClNO2/c11-8-2-1-6(3-9(8)12)10-14-5-7(4-13)15-10/h1-3,7,10H,4-5,13H2. The van der Waals surface area contributed by atoms with Crippen LogP contribution in [0.25, 0.3) is 0 Å². The third-order valence-corrected chi connectivity index (χ3v) is 3.46. The Morgan fingerprint density at radius 2 is 2.33 bits per heavy atom. The van der Waals surface area contributed by atoms with Crippen molar-refractivity contribution >= 4 is 27.5 Å². The van der Waals surface area contributed by atoms with E-state index >= 15 is 0 Å². The second-order valence-corrected chi connectivity index (χ2v) is 4.59. The summed E-state index contributed by atoms with van der Waals surface area (Å²) in [6.07, 6.45) is -0.360. The largest absolute Gasteiger partial charge is 0.346 e. The van der Waals surface area contributed by atoms with E-state index in [1.54, 1.807) is 0 Å². The summed E-state index contributed by atoms with van der Waals surface area (Å²) >= 11 is 9.31. The SMILES string of the molecule is NCC1COC(c2ccc(Br)c(Cl)c2)O1. The Bertz CT molecular complexity index is 361. The molecule has 0 amide bonds. The van der Waals surface area contributed by atoms with E-state index in [1.807, 2.05) is 18.2 Å². The topological polar surface area (TPSA) is 44.5 Å². The average Bonchev–Trinajstić information content (AvgIpc) is 2.70. The van der Waals surface area contributed by atoms with Gasteiger partial charge in [0.1, 0.15) is 0 Å². The molecule has 2 rings (SSSR count). The summed E-state index contributed by atoms with van der Waals surface area (Å²) in [6.45, 7) is 1.01. The molecule has 2 unspecified atom stereocenters. The van der Waals surface area contributed by atoms with E-state index in [-0.39, 0.29) is 12.4 Å². The van der Waals surface area contributed by atoms with Crippen molar-refractivity contribution in [2.75, 3.05) is 13.2 Å². The highest BCUT2D eigenvalue weighted by Gasteiger charge is 2.26. The summed E-state index contributed by atoms with van der Waals surface area (Å²) < 4.78 is 11.9. The van der Waals surface area contributed by atoms with Crippen molar-refractivity contribution in [3.05, 3.63) is 33.3 Å². The average molecular weight is 293 g/mol. The predicted molar refractivity (Wildman–Crippen MR) is 61.8 cm³/mol. The molecule has 3 nitrogen and oxygen atoms in total. The van der Waals surface area contributed by atoms with Crippen LogP contribution in [0.4, 0.5) is 0 Å². The van der Waals surface area contributed by atoms with Gasteiger partial charge in [-0.25, -0.2) is 0 Å². The van der Waals surface area contributed by atoms with Gasteiger partial charge in [0.05, 0.1) is 17.7 Å². The van der Waals surface area contributed by atoms with Crippen LogP contribution in [0, 0.1) is 0 Å². The minimum Gasteiger partial charge on any atom is -0.346 e. The normalized spacial score (nSPS) is 25.8. The zero-order valence-electron chi connectivity index (χ0n) is 7.95. The summed E-state index contributed by atoms with van der Waals surface area (Å²) in [7, 11) is 0. The zero-order valence-corrected chi connectivity index (χ0v) is 10.3. The Balaban J connectivity index is 2.13. The highest BCUT2D eigenvalue weighted by atomic mass is 79.9. The van der Waals surface area contributed by atoms with Crippen LogP contribution in [0.5, 0.6) is 0 Å². The van der Waals surface area contributed by atoms with Crippen LogP contribution in [0.3, 0.4) is 0 Å². The fourth-order valence-electron chi connectivity index (χ4n) is 1.41.